The van der Waals surface area contributed by atoms with Gasteiger partial charge in [0.05, 0.1) is 11.2 Å². The van der Waals surface area contributed by atoms with Crippen molar-refractivity contribution in [2.75, 3.05) is 18.4 Å². The summed E-state index contributed by atoms with van der Waals surface area (Å²) in [6, 6.07) is 7.98. The Labute approximate surface area is 153 Å². The van der Waals surface area contributed by atoms with Gasteiger partial charge in [-0.1, -0.05) is 6.07 Å². The van der Waals surface area contributed by atoms with Crippen molar-refractivity contribution in [3.63, 3.8) is 0 Å². The number of carbonyl (C=O) groups excluding carboxylic acids is 2. The van der Waals surface area contributed by atoms with Gasteiger partial charge < -0.3 is 10.2 Å². The molecule has 0 radical (unpaired) electrons. The molecule has 0 bridgehead atoms. The van der Waals surface area contributed by atoms with E-state index in [1.165, 1.54) is 0 Å². The van der Waals surface area contributed by atoms with Crippen molar-refractivity contribution in [2.45, 2.75) is 12.8 Å². The van der Waals surface area contributed by atoms with Crippen molar-refractivity contribution < 1.29 is 18.4 Å². The Bertz CT molecular complexity index is 1040. The fourth-order valence-electron chi connectivity index (χ4n) is 3.19. The third-order valence-electron chi connectivity index (χ3n) is 4.53. The summed E-state index contributed by atoms with van der Waals surface area (Å²) in [4.78, 5) is 31.3. The number of benzene rings is 1. The van der Waals surface area contributed by atoms with Crippen LogP contribution in [0.1, 0.15) is 33.9 Å². The van der Waals surface area contributed by atoms with E-state index >= 15 is 0 Å². The second kappa shape index (κ2) is 6.79. The predicted molar refractivity (Wildman–Crippen MR) is 94.6 cm³/mol. The minimum atomic E-state index is -0.889. The smallest absolute Gasteiger partial charge is 0.290 e. The molecular formula is C19H16F2N4O2. The minimum Gasteiger partial charge on any atom is -0.336 e. The average Bonchev–Trinajstić information content (AvgIpc) is 3.31. The number of carbonyl (C=O) groups is 2. The summed E-state index contributed by atoms with van der Waals surface area (Å²) < 4.78 is 28.4. The number of likely N-dealkylation sites (tertiary alicyclic amines) is 1. The second-order valence-corrected chi connectivity index (χ2v) is 6.32. The highest BCUT2D eigenvalue weighted by atomic mass is 19.1. The van der Waals surface area contributed by atoms with E-state index in [0.717, 1.165) is 25.0 Å². The molecule has 1 aromatic carbocycles. The van der Waals surface area contributed by atoms with E-state index in [-0.39, 0.29) is 23.1 Å². The van der Waals surface area contributed by atoms with Crippen LogP contribution in [0.3, 0.4) is 0 Å². The number of anilines is 1. The third-order valence-corrected chi connectivity index (χ3v) is 4.53. The van der Waals surface area contributed by atoms with Crippen molar-refractivity contribution in [3.8, 4) is 0 Å². The quantitative estimate of drug-likeness (QED) is 0.770. The van der Waals surface area contributed by atoms with Crippen molar-refractivity contribution >= 4 is 23.0 Å². The molecule has 2 aromatic heterocycles. The molecule has 1 fully saturated rings. The van der Waals surface area contributed by atoms with E-state index in [0.29, 0.717) is 24.7 Å². The van der Waals surface area contributed by atoms with Crippen molar-refractivity contribution in [2.24, 2.45) is 0 Å². The lowest BCUT2D eigenvalue weighted by molar-refractivity contribution is 0.0780. The summed E-state index contributed by atoms with van der Waals surface area (Å²) in [5.41, 5.74) is 0.271. The number of halogens is 2. The van der Waals surface area contributed by atoms with Crippen LogP contribution in [-0.4, -0.2) is 39.2 Å². The van der Waals surface area contributed by atoms with Crippen LogP contribution < -0.4 is 5.32 Å². The van der Waals surface area contributed by atoms with Crippen LogP contribution in [-0.2, 0) is 0 Å². The van der Waals surface area contributed by atoms with Crippen LogP contribution in [0.25, 0.3) is 5.52 Å². The van der Waals surface area contributed by atoms with Crippen molar-refractivity contribution in [1.82, 2.24) is 14.3 Å². The maximum absolute atomic E-state index is 13.8. The molecule has 1 N–H and O–H groups in total. The van der Waals surface area contributed by atoms with Crippen LogP contribution in [0.5, 0.6) is 0 Å². The third kappa shape index (κ3) is 3.14. The molecule has 1 aliphatic heterocycles. The number of imidazole rings is 1. The summed E-state index contributed by atoms with van der Waals surface area (Å²) in [6.45, 7) is 1.31. The molecule has 0 atom stereocenters. The standard InChI is InChI=1S/C19H16F2N4O2/c20-12-6-7-14(13(21)11-12)22-18(26)16-15-5-1-2-10-25(15)17(23-16)19(27)24-8-3-4-9-24/h1-2,5-7,10-11H,3-4,8-9H2,(H,22,26). The number of amides is 2. The lowest BCUT2D eigenvalue weighted by Crippen LogP contribution is -2.29. The number of nitrogens with one attached hydrogen (secondary N) is 1. The monoisotopic (exact) mass is 370 g/mol. The first-order chi connectivity index (χ1) is 13.0. The van der Waals surface area contributed by atoms with Crippen molar-refractivity contribution in [3.05, 3.63) is 65.7 Å². The number of rotatable bonds is 3. The topological polar surface area (TPSA) is 66.7 Å². The van der Waals surface area contributed by atoms with Gasteiger partial charge in [0, 0.05) is 25.4 Å². The molecule has 27 heavy (non-hydrogen) atoms. The van der Waals surface area contributed by atoms with Crippen molar-refractivity contribution in [1.29, 1.82) is 0 Å². The zero-order chi connectivity index (χ0) is 19.0. The first kappa shape index (κ1) is 17.1. The Morgan fingerprint density at radius 3 is 2.59 bits per heavy atom. The fraction of sp³-hybridized carbons (Fsp3) is 0.211. The number of fused-ring (bicyclic) bond motifs is 1. The van der Waals surface area contributed by atoms with Crippen LogP contribution in [0, 0.1) is 11.6 Å². The molecule has 0 unspecified atom stereocenters. The Morgan fingerprint density at radius 1 is 1.07 bits per heavy atom. The normalized spacial score (nSPS) is 13.9. The molecule has 0 saturated carbocycles. The lowest BCUT2D eigenvalue weighted by Gasteiger charge is -2.13. The van der Waals surface area contributed by atoms with E-state index in [2.05, 4.69) is 10.3 Å². The summed E-state index contributed by atoms with van der Waals surface area (Å²) in [6.07, 6.45) is 3.53. The Kier molecular flexibility index (Phi) is 4.31. The van der Waals surface area contributed by atoms with E-state index in [4.69, 9.17) is 0 Å². The predicted octanol–water partition coefficient (Wildman–Crippen LogP) is 3.10. The lowest BCUT2D eigenvalue weighted by atomic mass is 10.2. The average molecular weight is 370 g/mol. The Hall–Kier alpha value is -3.29. The van der Waals surface area contributed by atoms with Gasteiger partial charge in [0.15, 0.2) is 5.69 Å². The van der Waals surface area contributed by atoms with E-state index in [9.17, 15) is 18.4 Å². The van der Waals surface area contributed by atoms with Gasteiger partial charge in [-0.25, -0.2) is 13.8 Å². The molecule has 138 valence electrons. The van der Waals surface area contributed by atoms with Gasteiger partial charge in [0.1, 0.15) is 11.6 Å². The number of hydrogen-bond donors (Lipinski definition) is 1. The highest BCUT2D eigenvalue weighted by molar-refractivity contribution is 6.09. The van der Waals surface area contributed by atoms with Gasteiger partial charge in [-0.3, -0.25) is 14.0 Å². The molecular weight excluding hydrogens is 354 g/mol. The molecule has 1 aliphatic rings. The fourth-order valence-corrected chi connectivity index (χ4v) is 3.19. The molecule has 6 nitrogen and oxygen atoms in total. The molecule has 2 amide bonds. The number of aromatic nitrogens is 2. The van der Waals surface area contributed by atoms with E-state index in [1.807, 2.05) is 0 Å². The first-order valence-electron chi connectivity index (χ1n) is 8.57. The number of nitrogens with zero attached hydrogens (tertiary/aromatic N) is 3. The SMILES string of the molecule is O=C(Nc1ccc(F)cc1F)c1nc(C(=O)N2CCCC2)n2ccccc12. The molecule has 3 aromatic rings. The minimum absolute atomic E-state index is 0.00173. The summed E-state index contributed by atoms with van der Waals surface area (Å²) in [7, 11) is 0. The van der Waals surface area contributed by atoms with E-state index < -0.39 is 17.5 Å². The molecule has 8 heteroatoms. The molecule has 0 spiro atoms. The largest absolute Gasteiger partial charge is 0.336 e. The van der Waals surface area contributed by atoms with Gasteiger partial charge in [0.2, 0.25) is 5.82 Å². The first-order valence-corrected chi connectivity index (χ1v) is 8.57. The molecule has 3 heterocycles. The molecule has 0 aliphatic carbocycles. The summed E-state index contributed by atoms with van der Waals surface area (Å²) in [5.74, 6) is -2.42. The highest BCUT2D eigenvalue weighted by Crippen LogP contribution is 2.20. The Balaban J connectivity index is 1.71. The maximum Gasteiger partial charge on any atom is 0.290 e. The summed E-state index contributed by atoms with van der Waals surface area (Å²) in [5, 5.41) is 2.39. The second-order valence-electron chi connectivity index (χ2n) is 6.32. The molecule has 1 saturated heterocycles. The van der Waals surface area contributed by atoms with Crippen LogP contribution in [0.4, 0.5) is 14.5 Å². The number of hydrogen-bond acceptors (Lipinski definition) is 3. The molecule has 4 rings (SSSR count). The zero-order valence-electron chi connectivity index (χ0n) is 14.3. The van der Waals surface area contributed by atoms with Gasteiger partial charge >= 0.3 is 0 Å². The summed E-state index contributed by atoms with van der Waals surface area (Å²) >= 11 is 0. The van der Waals surface area contributed by atoms with Crippen LogP contribution in [0.15, 0.2) is 42.6 Å². The van der Waals surface area contributed by atoms with E-state index in [1.54, 1.807) is 33.7 Å². The van der Waals surface area contributed by atoms with Gasteiger partial charge in [0.25, 0.3) is 11.8 Å². The zero-order valence-corrected chi connectivity index (χ0v) is 14.3. The van der Waals surface area contributed by atoms with Gasteiger partial charge in [-0.05, 0) is 37.1 Å². The van der Waals surface area contributed by atoms with Crippen LogP contribution in [0.2, 0.25) is 0 Å². The Morgan fingerprint density at radius 2 is 1.85 bits per heavy atom. The van der Waals surface area contributed by atoms with Gasteiger partial charge in [-0.2, -0.15) is 0 Å². The van der Waals surface area contributed by atoms with Gasteiger partial charge in [-0.15, -0.1) is 0 Å². The highest BCUT2D eigenvalue weighted by Gasteiger charge is 2.27. The van der Waals surface area contributed by atoms with Crippen LogP contribution >= 0.6 is 0 Å². The maximum atomic E-state index is 13.8. The number of pyridine rings is 1.